The number of nitrogens with one attached hydrogen (secondary N) is 1. The van der Waals surface area contributed by atoms with Crippen molar-refractivity contribution in [3.8, 4) is 0 Å². The van der Waals surface area contributed by atoms with Crippen molar-refractivity contribution in [2.75, 3.05) is 36.0 Å². The van der Waals surface area contributed by atoms with E-state index < -0.39 is 11.9 Å². The van der Waals surface area contributed by atoms with Crippen LogP contribution in [0.1, 0.15) is 6.42 Å². The summed E-state index contributed by atoms with van der Waals surface area (Å²) in [6.07, 6.45) is 0.120. The molecule has 0 aliphatic carbocycles. The van der Waals surface area contributed by atoms with E-state index in [0.29, 0.717) is 5.02 Å². The lowest BCUT2D eigenvalue weighted by Crippen LogP contribution is -3.19. The Morgan fingerprint density at radius 1 is 0.963 bits per heavy atom. The van der Waals surface area contributed by atoms with Gasteiger partial charge in [-0.05, 0) is 24.3 Å². The molecule has 2 aromatic rings. The minimum atomic E-state index is -0.557. The van der Waals surface area contributed by atoms with Gasteiger partial charge in [0.1, 0.15) is 5.82 Å². The molecule has 0 unspecified atom stereocenters. The van der Waals surface area contributed by atoms with E-state index in [0.717, 1.165) is 41.7 Å². The molecular weight excluding hydrogens is 369 g/mol. The number of benzene rings is 2. The second kappa shape index (κ2) is 7.29. The Kier molecular flexibility index (Phi) is 4.85. The number of para-hydroxylation sites is 2. The molecule has 5 nitrogen and oxygen atoms in total. The zero-order valence-electron chi connectivity index (χ0n) is 14.7. The molecule has 0 saturated carbocycles. The topological polar surface area (TPSA) is 45.1 Å². The van der Waals surface area contributed by atoms with Crippen LogP contribution in [0.2, 0.25) is 5.02 Å². The number of hydrogen-bond acceptors (Lipinski definition) is 3. The first-order valence-electron chi connectivity index (χ1n) is 9.01. The zero-order chi connectivity index (χ0) is 19.0. The lowest BCUT2D eigenvalue weighted by atomic mass is 10.1. The molecule has 0 radical (unpaired) electrons. The number of anilines is 2. The van der Waals surface area contributed by atoms with E-state index in [2.05, 4.69) is 4.90 Å². The van der Waals surface area contributed by atoms with Crippen molar-refractivity contribution in [3.05, 3.63) is 59.4 Å². The van der Waals surface area contributed by atoms with Crippen molar-refractivity contribution >= 4 is 34.8 Å². The number of carbonyl (C=O) groups excluding carboxylic acids is 2. The third kappa shape index (κ3) is 3.31. The quantitative estimate of drug-likeness (QED) is 0.811. The summed E-state index contributed by atoms with van der Waals surface area (Å²) in [5.41, 5.74) is 1.03. The van der Waals surface area contributed by atoms with Crippen molar-refractivity contribution in [1.82, 2.24) is 0 Å². The van der Waals surface area contributed by atoms with E-state index in [4.69, 9.17) is 11.6 Å². The van der Waals surface area contributed by atoms with Crippen molar-refractivity contribution < 1.29 is 18.9 Å². The van der Waals surface area contributed by atoms with Gasteiger partial charge in [0.05, 0.1) is 49.0 Å². The molecule has 0 spiro atoms. The number of amides is 2. The Hall–Kier alpha value is -2.44. The molecule has 4 rings (SSSR count). The van der Waals surface area contributed by atoms with E-state index >= 15 is 0 Å². The molecule has 0 bridgehead atoms. The Labute approximate surface area is 161 Å². The fourth-order valence-electron chi connectivity index (χ4n) is 3.93. The van der Waals surface area contributed by atoms with E-state index in [9.17, 15) is 14.0 Å². The average molecular weight is 389 g/mol. The number of quaternary nitrogens is 1. The van der Waals surface area contributed by atoms with Crippen LogP contribution in [0.15, 0.2) is 48.5 Å². The summed E-state index contributed by atoms with van der Waals surface area (Å²) in [6, 6.07) is 13.1. The summed E-state index contributed by atoms with van der Waals surface area (Å²) >= 11 is 6.28. The summed E-state index contributed by atoms with van der Waals surface area (Å²) in [6.45, 7) is 2.94. The number of rotatable bonds is 3. The van der Waals surface area contributed by atoms with E-state index in [1.54, 1.807) is 12.1 Å². The summed E-state index contributed by atoms with van der Waals surface area (Å²) in [7, 11) is 0. The third-order valence-corrected chi connectivity index (χ3v) is 5.65. The Morgan fingerprint density at radius 2 is 1.59 bits per heavy atom. The third-order valence-electron chi connectivity index (χ3n) is 5.33. The number of halogens is 2. The fourth-order valence-corrected chi connectivity index (χ4v) is 4.18. The predicted molar refractivity (Wildman–Crippen MR) is 102 cm³/mol. The first-order chi connectivity index (χ1) is 13.1. The van der Waals surface area contributed by atoms with Gasteiger partial charge in [0.2, 0.25) is 5.91 Å². The summed E-state index contributed by atoms with van der Waals surface area (Å²) < 4.78 is 14.1. The number of hydrogen-bond donors (Lipinski definition) is 1. The van der Waals surface area contributed by atoms with Crippen molar-refractivity contribution in [2.24, 2.45) is 0 Å². The van der Waals surface area contributed by atoms with Crippen LogP contribution in [0.4, 0.5) is 15.8 Å². The van der Waals surface area contributed by atoms with Crippen molar-refractivity contribution in [1.29, 1.82) is 0 Å². The number of piperazine rings is 1. The highest BCUT2D eigenvalue weighted by molar-refractivity contribution is 6.33. The first kappa shape index (κ1) is 17.9. The normalized spacial score (nSPS) is 21.2. The second-order valence-corrected chi connectivity index (χ2v) is 7.28. The van der Waals surface area contributed by atoms with Crippen LogP contribution < -0.4 is 14.7 Å². The smallest absolute Gasteiger partial charge is 0.292 e. The minimum Gasteiger partial charge on any atom is -0.359 e. The zero-order valence-corrected chi connectivity index (χ0v) is 15.5. The largest absolute Gasteiger partial charge is 0.359 e. The van der Waals surface area contributed by atoms with Crippen LogP contribution in [0, 0.1) is 5.82 Å². The van der Waals surface area contributed by atoms with Crippen LogP contribution in [0.3, 0.4) is 0 Å². The van der Waals surface area contributed by atoms with E-state index in [1.165, 1.54) is 12.1 Å². The average Bonchev–Trinajstić information content (AvgIpc) is 2.97. The maximum atomic E-state index is 14.1. The highest BCUT2D eigenvalue weighted by atomic mass is 35.5. The molecule has 1 atom stereocenters. The van der Waals surface area contributed by atoms with E-state index in [-0.39, 0.29) is 23.9 Å². The lowest BCUT2D eigenvalue weighted by Gasteiger charge is -2.36. The molecule has 2 aliphatic rings. The first-order valence-corrected chi connectivity index (χ1v) is 9.39. The predicted octanol–water partition coefficient (Wildman–Crippen LogP) is 1.52. The molecule has 2 aliphatic heterocycles. The second-order valence-electron chi connectivity index (χ2n) is 6.87. The fraction of sp³-hybridized carbons (Fsp3) is 0.300. The van der Waals surface area contributed by atoms with Gasteiger partial charge in [0, 0.05) is 0 Å². The van der Waals surface area contributed by atoms with Gasteiger partial charge in [-0.2, -0.15) is 0 Å². The van der Waals surface area contributed by atoms with Gasteiger partial charge >= 0.3 is 0 Å². The van der Waals surface area contributed by atoms with Gasteiger partial charge in [0.25, 0.3) is 5.91 Å². The van der Waals surface area contributed by atoms with E-state index in [1.807, 2.05) is 24.3 Å². The van der Waals surface area contributed by atoms with Crippen LogP contribution in [0.5, 0.6) is 0 Å². The molecule has 0 aromatic heterocycles. The Bertz CT molecular complexity index is 883. The van der Waals surface area contributed by atoms with Gasteiger partial charge in [0.15, 0.2) is 6.04 Å². The Balaban J connectivity index is 1.46. The molecule has 27 heavy (non-hydrogen) atoms. The maximum absolute atomic E-state index is 14.1. The highest BCUT2D eigenvalue weighted by Crippen LogP contribution is 2.26. The monoisotopic (exact) mass is 388 g/mol. The standard InChI is InChI=1S/C20H19ClFN3O2/c21-14-5-1-3-7-16(14)23-9-11-24(12-10-23)18-13-19(26)25(20(18)27)17-8-4-2-6-15(17)22/h1-8,18H,9-13H2/p+1/t18-/m1/s1. The molecule has 2 saturated heterocycles. The SMILES string of the molecule is O=C1C[C@@H]([NH+]2CCN(c3ccccc3Cl)CC2)C(=O)N1c1ccccc1F. The molecule has 2 fully saturated rings. The molecule has 2 aromatic carbocycles. The Morgan fingerprint density at radius 3 is 2.26 bits per heavy atom. The molecule has 7 heteroatoms. The highest BCUT2D eigenvalue weighted by Gasteiger charge is 2.47. The number of nitrogens with zero attached hydrogens (tertiary/aromatic N) is 2. The molecular formula is C20H20ClFN3O2+. The van der Waals surface area contributed by atoms with Crippen LogP contribution in [-0.4, -0.2) is 44.0 Å². The summed E-state index contributed by atoms with van der Waals surface area (Å²) in [5.74, 6) is -1.21. The molecule has 2 heterocycles. The van der Waals surface area contributed by atoms with Gasteiger partial charge in [-0.1, -0.05) is 35.9 Å². The molecule has 2 amide bonds. The van der Waals surface area contributed by atoms with Crippen molar-refractivity contribution in [2.45, 2.75) is 12.5 Å². The van der Waals surface area contributed by atoms with Gasteiger partial charge in [-0.3, -0.25) is 9.59 Å². The maximum Gasteiger partial charge on any atom is 0.292 e. The number of carbonyl (C=O) groups is 2. The van der Waals surface area contributed by atoms with Gasteiger partial charge in [-0.25, -0.2) is 9.29 Å². The molecule has 140 valence electrons. The van der Waals surface area contributed by atoms with Gasteiger partial charge in [-0.15, -0.1) is 0 Å². The summed E-state index contributed by atoms with van der Waals surface area (Å²) in [5, 5.41) is 0.707. The molecule has 1 N–H and O–H groups in total. The minimum absolute atomic E-state index is 0.0455. The van der Waals surface area contributed by atoms with Crippen molar-refractivity contribution in [3.63, 3.8) is 0 Å². The summed E-state index contributed by atoms with van der Waals surface area (Å²) in [4.78, 5) is 29.5. The van der Waals surface area contributed by atoms with Gasteiger partial charge < -0.3 is 9.80 Å². The van der Waals surface area contributed by atoms with Crippen LogP contribution in [-0.2, 0) is 9.59 Å². The number of imide groups is 1. The lowest BCUT2D eigenvalue weighted by molar-refractivity contribution is -0.915. The van der Waals surface area contributed by atoms with Crippen LogP contribution in [0.25, 0.3) is 0 Å². The van der Waals surface area contributed by atoms with Crippen LogP contribution >= 0.6 is 11.6 Å².